The summed E-state index contributed by atoms with van der Waals surface area (Å²) in [5, 5.41) is 1.31. The number of hydrogen-bond donors (Lipinski definition) is 0. The van der Waals surface area contributed by atoms with E-state index in [4.69, 9.17) is 18.1 Å². The number of furan rings is 1. The van der Waals surface area contributed by atoms with Crippen molar-refractivity contribution in [3.8, 4) is 67.5 Å². The summed E-state index contributed by atoms with van der Waals surface area (Å²) in [5.41, 5.74) is 7.08. The molecule has 0 aliphatic rings. The van der Waals surface area contributed by atoms with Crippen LogP contribution in [0.15, 0.2) is 180 Å². The molecular formula is C45H29N3O. The fourth-order valence-electron chi connectivity index (χ4n) is 5.98. The molecule has 0 bridgehead atoms. The minimum atomic E-state index is -0.614. The summed E-state index contributed by atoms with van der Waals surface area (Å²) in [6.45, 7) is 0. The van der Waals surface area contributed by atoms with Gasteiger partial charge in [-0.05, 0) is 51.6 Å². The first-order valence-electron chi connectivity index (χ1n) is 20.5. The maximum absolute atomic E-state index is 8.68. The predicted molar refractivity (Wildman–Crippen MR) is 200 cm³/mol. The van der Waals surface area contributed by atoms with E-state index in [2.05, 4.69) is 75.6 Å². The summed E-state index contributed by atoms with van der Waals surface area (Å²) in [7, 11) is 0. The Labute approximate surface area is 298 Å². The number of fused-ring (bicyclic) bond motifs is 3. The number of hydrogen-bond acceptors (Lipinski definition) is 4. The van der Waals surface area contributed by atoms with Crippen molar-refractivity contribution in [2.45, 2.75) is 0 Å². The van der Waals surface area contributed by atoms with Crippen molar-refractivity contribution in [1.82, 2.24) is 15.0 Å². The first-order valence-corrected chi connectivity index (χ1v) is 15.5. The van der Waals surface area contributed by atoms with E-state index in [-0.39, 0.29) is 28.6 Å². The van der Waals surface area contributed by atoms with E-state index >= 15 is 0 Å². The lowest BCUT2D eigenvalue weighted by Gasteiger charge is -2.09. The van der Waals surface area contributed by atoms with Crippen LogP contribution >= 0.6 is 0 Å². The zero-order valence-electron chi connectivity index (χ0n) is 35.7. The smallest absolute Gasteiger partial charge is 0.164 e. The van der Waals surface area contributed by atoms with E-state index in [9.17, 15) is 0 Å². The standard InChI is InChI=1S/C45H29N3O/c1-4-11-30(12-5-1)31-19-21-32(22-20-31)33-23-25-34(26-24-33)37-27-28-40-39(29-37)42-38(17-10-18-41(42)49-40)45-47-43(35-13-6-2-7-14-35)46-44(48-45)36-15-8-3-9-16-36/h1-29H/i2D,3D,6D,7D,8D,9D,13D,14D,15D,16D. The van der Waals surface area contributed by atoms with Gasteiger partial charge in [0.2, 0.25) is 0 Å². The van der Waals surface area contributed by atoms with Gasteiger partial charge in [-0.1, -0.05) is 157 Å². The Bertz CT molecular complexity index is 3010. The quantitative estimate of drug-likeness (QED) is 0.182. The molecule has 0 aliphatic carbocycles. The number of rotatable bonds is 6. The van der Waals surface area contributed by atoms with E-state index in [1.54, 1.807) is 18.2 Å². The molecule has 2 aromatic heterocycles. The van der Waals surface area contributed by atoms with E-state index in [0.29, 0.717) is 27.5 Å². The molecule has 4 heteroatoms. The van der Waals surface area contributed by atoms with Gasteiger partial charge in [0.05, 0.1) is 13.7 Å². The Balaban J connectivity index is 1.19. The molecule has 0 fully saturated rings. The van der Waals surface area contributed by atoms with E-state index in [1.165, 1.54) is 0 Å². The highest BCUT2D eigenvalue weighted by atomic mass is 16.3. The van der Waals surface area contributed by atoms with Crippen molar-refractivity contribution in [1.29, 1.82) is 0 Å². The van der Waals surface area contributed by atoms with Crippen LogP contribution in [0.25, 0.3) is 89.5 Å². The predicted octanol–water partition coefficient (Wildman–Crippen LogP) is 11.8. The van der Waals surface area contributed by atoms with Crippen molar-refractivity contribution >= 4 is 21.9 Å². The van der Waals surface area contributed by atoms with Gasteiger partial charge in [0.15, 0.2) is 17.5 Å². The van der Waals surface area contributed by atoms with Crippen LogP contribution in [0, 0.1) is 0 Å². The van der Waals surface area contributed by atoms with E-state index in [0.717, 1.165) is 33.4 Å². The molecule has 9 aromatic rings. The molecule has 0 aliphatic heterocycles. The fraction of sp³-hybridized carbons (Fsp3) is 0. The summed E-state index contributed by atoms with van der Waals surface area (Å²) in [6, 6.07) is 32.0. The van der Waals surface area contributed by atoms with E-state index < -0.39 is 60.4 Å². The molecule has 0 N–H and O–H groups in total. The molecule has 230 valence electrons. The highest BCUT2D eigenvalue weighted by Gasteiger charge is 2.18. The molecule has 49 heavy (non-hydrogen) atoms. The molecule has 2 heterocycles. The van der Waals surface area contributed by atoms with Crippen LogP contribution in [-0.4, -0.2) is 15.0 Å². The lowest BCUT2D eigenvalue weighted by molar-refractivity contribution is 0.669. The molecule has 0 unspecified atom stereocenters. The molecule has 0 radical (unpaired) electrons. The van der Waals surface area contributed by atoms with Crippen molar-refractivity contribution < 1.29 is 18.1 Å². The highest BCUT2D eigenvalue weighted by Crippen LogP contribution is 2.38. The summed E-state index contributed by atoms with van der Waals surface area (Å²) >= 11 is 0. The minimum Gasteiger partial charge on any atom is -0.456 e. The Hall–Kier alpha value is -6.65. The second-order valence-corrected chi connectivity index (χ2v) is 11.3. The molecule has 0 spiro atoms. The first-order chi connectivity index (χ1) is 28.4. The number of benzene rings is 7. The summed E-state index contributed by atoms with van der Waals surface area (Å²) < 4.78 is 90.5. The second kappa shape index (κ2) is 12.2. The summed E-state index contributed by atoms with van der Waals surface area (Å²) in [4.78, 5) is 13.7. The third-order valence-electron chi connectivity index (χ3n) is 8.36. The van der Waals surface area contributed by atoms with Crippen LogP contribution in [0.5, 0.6) is 0 Å². The van der Waals surface area contributed by atoms with Crippen LogP contribution in [0.2, 0.25) is 0 Å². The van der Waals surface area contributed by atoms with Gasteiger partial charge in [0, 0.05) is 27.5 Å². The van der Waals surface area contributed by atoms with Crippen LogP contribution < -0.4 is 0 Å². The van der Waals surface area contributed by atoms with Gasteiger partial charge in [0.1, 0.15) is 11.2 Å². The summed E-state index contributed by atoms with van der Waals surface area (Å²) in [6.07, 6.45) is 0. The highest BCUT2D eigenvalue weighted by molar-refractivity contribution is 6.12. The minimum absolute atomic E-state index is 0.0371. The number of nitrogens with zero attached hydrogens (tertiary/aromatic N) is 3. The molecule has 9 rings (SSSR count). The second-order valence-electron chi connectivity index (χ2n) is 11.3. The van der Waals surface area contributed by atoms with Crippen LogP contribution in [0.1, 0.15) is 13.7 Å². The van der Waals surface area contributed by atoms with Gasteiger partial charge in [-0.3, -0.25) is 0 Å². The maximum Gasteiger partial charge on any atom is 0.164 e. The topological polar surface area (TPSA) is 51.8 Å². The molecule has 0 saturated carbocycles. The fourth-order valence-corrected chi connectivity index (χ4v) is 5.98. The third kappa shape index (κ3) is 5.45. The molecule has 0 amide bonds. The average Bonchev–Trinajstić information content (AvgIpc) is 3.65. The Morgan fingerprint density at radius 2 is 0.878 bits per heavy atom. The molecule has 4 nitrogen and oxygen atoms in total. The van der Waals surface area contributed by atoms with Crippen molar-refractivity contribution in [3.63, 3.8) is 0 Å². The van der Waals surface area contributed by atoms with Gasteiger partial charge in [0.25, 0.3) is 0 Å². The summed E-state index contributed by atoms with van der Waals surface area (Å²) in [5.74, 6) is -0.715. The Morgan fingerprint density at radius 1 is 0.388 bits per heavy atom. The normalized spacial score (nSPS) is 14.1. The molecule has 0 saturated heterocycles. The van der Waals surface area contributed by atoms with Gasteiger partial charge < -0.3 is 4.42 Å². The lowest BCUT2D eigenvalue weighted by atomic mass is 9.97. The zero-order chi connectivity index (χ0) is 41.3. The van der Waals surface area contributed by atoms with Crippen molar-refractivity contribution in [2.24, 2.45) is 0 Å². The maximum atomic E-state index is 8.68. The monoisotopic (exact) mass is 637 g/mol. The van der Waals surface area contributed by atoms with Crippen molar-refractivity contribution in [2.75, 3.05) is 0 Å². The molecule has 0 atom stereocenters. The van der Waals surface area contributed by atoms with Gasteiger partial charge in [-0.15, -0.1) is 0 Å². The average molecular weight is 638 g/mol. The number of aromatic nitrogens is 3. The largest absolute Gasteiger partial charge is 0.456 e. The van der Waals surface area contributed by atoms with Crippen LogP contribution in [0.4, 0.5) is 0 Å². The third-order valence-corrected chi connectivity index (χ3v) is 8.36. The lowest BCUT2D eigenvalue weighted by Crippen LogP contribution is -2.00. The van der Waals surface area contributed by atoms with Crippen LogP contribution in [0.3, 0.4) is 0 Å². The van der Waals surface area contributed by atoms with Crippen LogP contribution in [-0.2, 0) is 0 Å². The Kier molecular flexibility index (Phi) is 4.94. The van der Waals surface area contributed by atoms with Gasteiger partial charge >= 0.3 is 0 Å². The molecule has 7 aromatic carbocycles. The van der Waals surface area contributed by atoms with Crippen molar-refractivity contribution in [3.05, 3.63) is 176 Å². The first kappa shape index (κ1) is 19.9. The zero-order valence-corrected chi connectivity index (χ0v) is 25.7. The van der Waals surface area contributed by atoms with E-state index in [1.807, 2.05) is 36.4 Å². The SMILES string of the molecule is [2H]c1c([2H])c([2H])c(-c2nc(-c3c([2H])c([2H])c([2H])c([2H])c3[2H])nc(-c3cccc4oc5ccc(-c6ccc(-c7ccc(-c8ccccc8)cc7)cc6)cc5c34)n2)c([2H])c1[2H]. The van der Waals surface area contributed by atoms with Gasteiger partial charge in [-0.25, -0.2) is 15.0 Å². The Morgan fingerprint density at radius 3 is 1.45 bits per heavy atom. The van der Waals surface area contributed by atoms with Gasteiger partial charge in [-0.2, -0.15) is 0 Å². The molecular weight excluding hydrogens is 599 g/mol.